The third-order valence-electron chi connectivity index (χ3n) is 3.75. The van der Waals surface area contributed by atoms with E-state index in [1.165, 1.54) is 24.3 Å². The van der Waals surface area contributed by atoms with Gasteiger partial charge in [0.1, 0.15) is 18.1 Å². The SMILES string of the molecule is Cc1nn(C)c(C)c1OCC(=O)N(CC(=O)O)Cc1ccc(F)cc1. The van der Waals surface area contributed by atoms with Crippen molar-refractivity contribution in [2.75, 3.05) is 13.2 Å². The molecule has 0 aliphatic carbocycles. The molecule has 7 nitrogen and oxygen atoms in total. The third-order valence-corrected chi connectivity index (χ3v) is 3.75. The van der Waals surface area contributed by atoms with E-state index < -0.39 is 24.2 Å². The van der Waals surface area contributed by atoms with Crippen LogP contribution in [-0.4, -0.2) is 44.8 Å². The molecule has 2 aromatic rings. The molecule has 1 aromatic heterocycles. The van der Waals surface area contributed by atoms with Crippen molar-refractivity contribution < 1.29 is 23.8 Å². The van der Waals surface area contributed by atoms with Crippen LogP contribution in [0.2, 0.25) is 0 Å². The fraction of sp³-hybridized carbons (Fsp3) is 0.353. The number of amides is 1. The number of aliphatic carboxylic acids is 1. The molecule has 8 heteroatoms. The van der Waals surface area contributed by atoms with Gasteiger partial charge in [-0.05, 0) is 31.5 Å². The molecule has 25 heavy (non-hydrogen) atoms. The second-order valence-electron chi connectivity index (χ2n) is 5.68. The number of carbonyl (C=O) groups excluding carboxylic acids is 1. The molecule has 2 rings (SSSR count). The number of aryl methyl sites for hydroxylation is 2. The number of hydrogen-bond donors (Lipinski definition) is 1. The minimum atomic E-state index is -1.13. The fourth-order valence-electron chi connectivity index (χ4n) is 2.39. The number of rotatable bonds is 7. The van der Waals surface area contributed by atoms with Gasteiger partial charge in [-0.25, -0.2) is 4.39 Å². The van der Waals surface area contributed by atoms with Gasteiger partial charge >= 0.3 is 5.97 Å². The van der Waals surface area contributed by atoms with Gasteiger partial charge in [0.2, 0.25) is 0 Å². The molecule has 0 radical (unpaired) electrons. The van der Waals surface area contributed by atoms with E-state index in [1.807, 2.05) is 6.92 Å². The van der Waals surface area contributed by atoms with Gasteiger partial charge in [0.25, 0.3) is 5.91 Å². The van der Waals surface area contributed by atoms with Crippen molar-refractivity contribution in [2.45, 2.75) is 20.4 Å². The molecule has 0 bridgehead atoms. The first-order valence-electron chi connectivity index (χ1n) is 7.65. The summed E-state index contributed by atoms with van der Waals surface area (Å²) in [5.74, 6) is -1.50. The molecule has 1 N–H and O–H groups in total. The number of hydrogen-bond acceptors (Lipinski definition) is 4. The highest BCUT2D eigenvalue weighted by molar-refractivity contribution is 5.82. The highest BCUT2D eigenvalue weighted by Crippen LogP contribution is 2.21. The standard InChI is InChI=1S/C17H20FN3O4/c1-11-17(12(2)20(3)19-11)25-10-15(22)21(9-16(23)24)8-13-4-6-14(18)7-5-13/h4-7H,8-10H2,1-3H3,(H,23,24). The summed E-state index contributed by atoms with van der Waals surface area (Å²) < 4.78 is 20.2. The van der Waals surface area contributed by atoms with Crippen LogP contribution in [0.5, 0.6) is 5.75 Å². The van der Waals surface area contributed by atoms with Gasteiger partial charge in [0.05, 0.1) is 5.69 Å². The zero-order valence-corrected chi connectivity index (χ0v) is 14.3. The molecule has 1 heterocycles. The van der Waals surface area contributed by atoms with E-state index in [0.29, 0.717) is 17.0 Å². The number of halogens is 1. The minimum Gasteiger partial charge on any atom is -0.480 e. The van der Waals surface area contributed by atoms with Gasteiger partial charge < -0.3 is 14.7 Å². The summed E-state index contributed by atoms with van der Waals surface area (Å²) in [4.78, 5) is 24.6. The van der Waals surface area contributed by atoms with Crippen LogP contribution >= 0.6 is 0 Å². The second kappa shape index (κ2) is 7.78. The fourth-order valence-corrected chi connectivity index (χ4v) is 2.39. The number of aromatic nitrogens is 2. The molecule has 1 aromatic carbocycles. The topological polar surface area (TPSA) is 84.7 Å². The van der Waals surface area contributed by atoms with Crippen LogP contribution in [0.4, 0.5) is 4.39 Å². The van der Waals surface area contributed by atoms with E-state index in [0.717, 1.165) is 10.6 Å². The number of carbonyl (C=O) groups is 2. The Labute approximate surface area is 144 Å². The van der Waals surface area contributed by atoms with Crippen molar-refractivity contribution in [1.82, 2.24) is 14.7 Å². The van der Waals surface area contributed by atoms with Crippen LogP contribution in [-0.2, 0) is 23.2 Å². The zero-order chi connectivity index (χ0) is 18.6. The molecule has 0 aliphatic heterocycles. The summed E-state index contributed by atoms with van der Waals surface area (Å²) in [7, 11) is 1.77. The number of nitrogens with zero attached hydrogens (tertiary/aromatic N) is 3. The van der Waals surface area contributed by atoms with Gasteiger partial charge in [-0.3, -0.25) is 14.3 Å². The number of benzene rings is 1. The Morgan fingerprint density at radius 2 is 1.92 bits per heavy atom. The first kappa shape index (κ1) is 18.4. The van der Waals surface area contributed by atoms with E-state index in [9.17, 15) is 14.0 Å². The predicted octanol–water partition coefficient (Wildman–Crippen LogP) is 1.67. The Balaban J connectivity index is 2.07. The molecule has 134 valence electrons. The lowest BCUT2D eigenvalue weighted by molar-refractivity contribution is -0.145. The summed E-state index contributed by atoms with van der Waals surface area (Å²) >= 11 is 0. The van der Waals surface area contributed by atoms with E-state index >= 15 is 0 Å². The van der Waals surface area contributed by atoms with Crippen molar-refractivity contribution in [1.29, 1.82) is 0 Å². The van der Waals surface area contributed by atoms with E-state index in [4.69, 9.17) is 9.84 Å². The third kappa shape index (κ3) is 4.79. The quantitative estimate of drug-likeness (QED) is 0.822. The lowest BCUT2D eigenvalue weighted by Crippen LogP contribution is -2.38. The Hall–Kier alpha value is -2.90. The molecule has 0 spiro atoms. The number of carboxylic acids is 1. The molecular formula is C17H20FN3O4. The average molecular weight is 349 g/mol. The zero-order valence-electron chi connectivity index (χ0n) is 14.3. The minimum absolute atomic E-state index is 0.0553. The van der Waals surface area contributed by atoms with Gasteiger partial charge in [-0.2, -0.15) is 5.10 Å². The summed E-state index contributed by atoms with van der Waals surface area (Å²) in [6.45, 7) is 2.86. The van der Waals surface area contributed by atoms with Crippen LogP contribution in [0.3, 0.4) is 0 Å². The lowest BCUT2D eigenvalue weighted by atomic mass is 10.2. The molecule has 0 fully saturated rings. The summed E-state index contributed by atoms with van der Waals surface area (Å²) in [5.41, 5.74) is 2.05. The molecule has 0 saturated heterocycles. The first-order chi connectivity index (χ1) is 11.8. The smallest absolute Gasteiger partial charge is 0.323 e. The molecular weight excluding hydrogens is 329 g/mol. The van der Waals surface area contributed by atoms with E-state index in [2.05, 4.69) is 5.10 Å². The summed E-state index contributed by atoms with van der Waals surface area (Å²) in [6, 6.07) is 5.54. The van der Waals surface area contributed by atoms with Crippen molar-refractivity contribution in [3.63, 3.8) is 0 Å². The van der Waals surface area contributed by atoms with Crippen molar-refractivity contribution in [2.24, 2.45) is 7.05 Å². The Morgan fingerprint density at radius 1 is 1.28 bits per heavy atom. The van der Waals surface area contributed by atoms with E-state index in [1.54, 1.807) is 18.7 Å². The number of carboxylic acid groups (broad SMARTS) is 1. The highest BCUT2D eigenvalue weighted by atomic mass is 19.1. The average Bonchev–Trinajstić information content (AvgIpc) is 2.79. The lowest BCUT2D eigenvalue weighted by Gasteiger charge is -2.21. The summed E-state index contributed by atoms with van der Waals surface area (Å²) in [5, 5.41) is 13.2. The second-order valence-corrected chi connectivity index (χ2v) is 5.68. The summed E-state index contributed by atoms with van der Waals surface area (Å²) in [6.07, 6.45) is 0. The van der Waals surface area contributed by atoms with Crippen molar-refractivity contribution in [3.05, 3.63) is 47.0 Å². The molecule has 0 saturated carbocycles. The monoisotopic (exact) mass is 349 g/mol. The normalized spacial score (nSPS) is 10.6. The first-order valence-corrected chi connectivity index (χ1v) is 7.65. The van der Waals surface area contributed by atoms with Gasteiger partial charge in [-0.15, -0.1) is 0 Å². The highest BCUT2D eigenvalue weighted by Gasteiger charge is 2.19. The van der Waals surface area contributed by atoms with Gasteiger partial charge in [-0.1, -0.05) is 12.1 Å². The Morgan fingerprint density at radius 3 is 2.44 bits per heavy atom. The van der Waals surface area contributed by atoms with Crippen LogP contribution in [0.15, 0.2) is 24.3 Å². The Kier molecular flexibility index (Phi) is 5.74. The van der Waals surface area contributed by atoms with E-state index in [-0.39, 0.29) is 13.2 Å². The predicted molar refractivity (Wildman–Crippen MR) is 87.6 cm³/mol. The molecule has 0 unspecified atom stereocenters. The van der Waals surface area contributed by atoms with Crippen LogP contribution < -0.4 is 4.74 Å². The van der Waals surface area contributed by atoms with Gasteiger partial charge in [0, 0.05) is 13.6 Å². The molecule has 0 atom stereocenters. The maximum Gasteiger partial charge on any atom is 0.323 e. The maximum atomic E-state index is 13.0. The maximum absolute atomic E-state index is 13.0. The van der Waals surface area contributed by atoms with Crippen LogP contribution in [0.1, 0.15) is 17.0 Å². The van der Waals surface area contributed by atoms with Crippen molar-refractivity contribution in [3.8, 4) is 5.75 Å². The van der Waals surface area contributed by atoms with Crippen molar-refractivity contribution >= 4 is 11.9 Å². The molecule has 1 amide bonds. The largest absolute Gasteiger partial charge is 0.480 e. The Bertz CT molecular complexity index is 771. The molecule has 0 aliphatic rings. The number of ether oxygens (including phenoxy) is 1. The van der Waals surface area contributed by atoms with Gasteiger partial charge in [0.15, 0.2) is 12.4 Å². The van der Waals surface area contributed by atoms with Crippen LogP contribution in [0, 0.1) is 19.7 Å². The van der Waals surface area contributed by atoms with Crippen LogP contribution in [0.25, 0.3) is 0 Å².